The van der Waals surface area contributed by atoms with Gasteiger partial charge in [0.25, 0.3) is 0 Å². The first-order valence-corrected chi connectivity index (χ1v) is 5.99. The summed E-state index contributed by atoms with van der Waals surface area (Å²) in [5, 5.41) is 19.2. The van der Waals surface area contributed by atoms with Gasteiger partial charge in [0.2, 0.25) is 0 Å². The van der Waals surface area contributed by atoms with Gasteiger partial charge >= 0.3 is 6.18 Å². The van der Waals surface area contributed by atoms with E-state index in [9.17, 15) is 13.2 Å². The molecule has 0 N–H and O–H groups in total. The lowest BCUT2D eigenvalue weighted by molar-refractivity contribution is -0.142. The second-order valence-electron chi connectivity index (χ2n) is 5.10. The molecule has 0 saturated carbocycles. The standard InChI is InChI=1S/C12H15F3N2OS/c1-10(2,3)18-9(6-19)11(7-16,8-17)4-5-12(13,14)15/h6,9H,4-5H2,1-3H3. The zero-order valence-electron chi connectivity index (χ0n) is 10.9. The van der Waals surface area contributed by atoms with Crippen molar-refractivity contribution in [3.05, 3.63) is 0 Å². The van der Waals surface area contributed by atoms with Gasteiger partial charge < -0.3 is 4.74 Å². The van der Waals surface area contributed by atoms with Gasteiger partial charge in [-0.2, -0.15) is 23.7 Å². The molecule has 1 unspecified atom stereocenters. The van der Waals surface area contributed by atoms with E-state index in [4.69, 9.17) is 27.5 Å². The zero-order valence-corrected chi connectivity index (χ0v) is 11.7. The number of thiocarbonyl (C=S) groups is 1. The van der Waals surface area contributed by atoms with Crippen LogP contribution in [0.25, 0.3) is 0 Å². The third kappa shape index (κ3) is 6.00. The van der Waals surface area contributed by atoms with Crippen LogP contribution in [-0.2, 0) is 4.74 Å². The largest absolute Gasteiger partial charge is 0.389 e. The fourth-order valence-electron chi connectivity index (χ4n) is 1.37. The van der Waals surface area contributed by atoms with Crippen LogP contribution >= 0.6 is 12.2 Å². The minimum Gasteiger partial charge on any atom is -0.365 e. The van der Waals surface area contributed by atoms with E-state index in [-0.39, 0.29) is 0 Å². The number of nitriles is 2. The maximum atomic E-state index is 12.3. The van der Waals surface area contributed by atoms with Crippen molar-refractivity contribution in [2.45, 2.75) is 51.5 Å². The van der Waals surface area contributed by atoms with Crippen molar-refractivity contribution in [3.8, 4) is 12.1 Å². The van der Waals surface area contributed by atoms with E-state index in [1.54, 1.807) is 32.9 Å². The number of rotatable bonds is 5. The zero-order chi connectivity index (χ0) is 15.3. The number of nitrogens with zero attached hydrogens (tertiary/aromatic N) is 2. The predicted molar refractivity (Wildman–Crippen MR) is 67.2 cm³/mol. The first kappa shape index (κ1) is 17.8. The summed E-state index contributed by atoms with van der Waals surface area (Å²) in [6.07, 6.45) is -7.49. The number of ether oxygens (including phenoxy) is 1. The molecule has 0 aromatic heterocycles. The minimum atomic E-state index is -4.44. The van der Waals surface area contributed by atoms with Crippen molar-refractivity contribution >= 4 is 17.6 Å². The molecule has 0 aromatic carbocycles. The lowest BCUT2D eigenvalue weighted by Crippen LogP contribution is -2.41. The Balaban J connectivity index is 5.22. The summed E-state index contributed by atoms with van der Waals surface area (Å²) >= 11 is 4.70. The molecule has 0 aromatic rings. The Morgan fingerprint density at radius 2 is 1.63 bits per heavy atom. The van der Waals surface area contributed by atoms with E-state index in [2.05, 4.69) is 0 Å². The maximum absolute atomic E-state index is 12.3. The maximum Gasteiger partial charge on any atom is 0.389 e. The van der Waals surface area contributed by atoms with Gasteiger partial charge in [0.05, 0.1) is 17.7 Å². The van der Waals surface area contributed by atoms with E-state index >= 15 is 0 Å². The molecular weight excluding hydrogens is 277 g/mol. The number of alkyl halides is 3. The van der Waals surface area contributed by atoms with E-state index in [1.807, 2.05) is 0 Å². The lowest BCUT2D eigenvalue weighted by Gasteiger charge is -2.32. The minimum absolute atomic E-state index is 0.669. The Kier molecular flexibility index (Phi) is 5.92. The van der Waals surface area contributed by atoms with E-state index in [0.29, 0.717) is 0 Å². The first-order valence-electron chi connectivity index (χ1n) is 5.52. The second-order valence-corrected chi connectivity index (χ2v) is 5.37. The summed E-state index contributed by atoms with van der Waals surface area (Å²) in [6.45, 7) is 5.01. The van der Waals surface area contributed by atoms with Crippen molar-refractivity contribution in [2.75, 3.05) is 0 Å². The van der Waals surface area contributed by atoms with Crippen molar-refractivity contribution < 1.29 is 17.9 Å². The average molecular weight is 292 g/mol. The molecule has 0 bridgehead atoms. The summed E-state index contributed by atoms with van der Waals surface area (Å²) in [4.78, 5) is 0. The molecule has 0 heterocycles. The van der Waals surface area contributed by atoms with Crippen LogP contribution < -0.4 is 0 Å². The quantitative estimate of drug-likeness (QED) is 0.727. The highest BCUT2D eigenvalue weighted by molar-refractivity contribution is 7.79. The molecule has 0 aliphatic carbocycles. The van der Waals surface area contributed by atoms with Crippen LogP contribution in [0, 0.1) is 28.1 Å². The molecule has 0 rings (SSSR count). The highest BCUT2D eigenvalue weighted by Gasteiger charge is 2.44. The Morgan fingerprint density at radius 1 is 1.16 bits per heavy atom. The van der Waals surface area contributed by atoms with Gasteiger partial charge in [-0.3, -0.25) is 0 Å². The third-order valence-electron chi connectivity index (χ3n) is 2.29. The van der Waals surface area contributed by atoms with Crippen molar-refractivity contribution in [1.82, 2.24) is 0 Å². The molecule has 0 aliphatic rings. The molecule has 106 valence electrons. The topological polar surface area (TPSA) is 56.8 Å². The van der Waals surface area contributed by atoms with Gasteiger partial charge in [-0.25, -0.2) is 0 Å². The number of halogens is 3. The fourth-order valence-corrected chi connectivity index (χ4v) is 1.66. The Hall–Kier alpha value is -1.18. The molecule has 0 saturated heterocycles. The lowest BCUT2D eigenvalue weighted by atomic mass is 9.81. The molecule has 0 spiro atoms. The van der Waals surface area contributed by atoms with Crippen molar-refractivity contribution in [1.29, 1.82) is 10.5 Å². The van der Waals surface area contributed by atoms with Gasteiger partial charge in [0.15, 0.2) is 5.41 Å². The normalized spacial score (nSPS) is 14.3. The average Bonchev–Trinajstić information content (AvgIpc) is 2.26. The number of hydrogen-bond donors (Lipinski definition) is 0. The van der Waals surface area contributed by atoms with Crippen LogP contribution in [0.15, 0.2) is 0 Å². The van der Waals surface area contributed by atoms with E-state index < -0.39 is 36.1 Å². The Bertz CT molecular complexity index is 387. The Labute approximate surface area is 116 Å². The van der Waals surface area contributed by atoms with Crippen LogP contribution in [0.2, 0.25) is 0 Å². The molecule has 3 nitrogen and oxygen atoms in total. The SMILES string of the molecule is CC(C)(C)OC(C=S)C(C#N)(C#N)CCC(F)(F)F. The monoisotopic (exact) mass is 292 g/mol. The summed E-state index contributed by atoms with van der Waals surface area (Å²) in [6, 6.07) is 3.25. The molecular formula is C12H15F3N2OS. The summed E-state index contributed by atoms with van der Waals surface area (Å²) in [5.41, 5.74) is -2.65. The van der Waals surface area contributed by atoms with Gasteiger partial charge in [-0.1, -0.05) is 12.2 Å². The summed E-state index contributed by atoms with van der Waals surface area (Å²) < 4.78 is 42.2. The van der Waals surface area contributed by atoms with Gasteiger partial charge in [-0.15, -0.1) is 0 Å². The highest BCUT2D eigenvalue weighted by atomic mass is 32.1. The smallest absolute Gasteiger partial charge is 0.365 e. The molecule has 19 heavy (non-hydrogen) atoms. The number of hydrogen-bond acceptors (Lipinski definition) is 4. The van der Waals surface area contributed by atoms with Crippen LogP contribution in [0.5, 0.6) is 0 Å². The Morgan fingerprint density at radius 3 is 1.89 bits per heavy atom. The molecule has 0 fully saturated rings. The van der Waals surface area contributed by atoms with Crippen LogP contribution in [0.4, 0.5) is 13.2 Å². The second kappa shape index (κ2) is 6.31. The third-order valence-corrected chi connectivity index (χ3v) is 2.54. The molecule has 0 radical (unpaired) electrons. The molecule has 7 heteroatoms. The van der Waals surface area contributed by atoms with Gasteiger partial charge in [0, 0.05) is 11.8 Å². The van der Waals surface area contributed by atoms with Crippen LogP contribution in [0.3, 0.4) is 0 Å². The van der Waals surface area contributed by atoms with Crippen molar-refractivity contribution in [2.24, 2.45) is 5.41 Å². The fraction of sp³-hybridized carbons (Fsp3) is 0.750. The molecule has 0 aliphatic heterocycles. The molecule has 0 amide bonds. The summed E-state index contributed by atoms with van der Waals surface area (Å²) in [7, 11) is 0. The van der Waals surface area contributed by atoms with Gasteiger partial charge in [0.1, 0.15) is 6.10 Å². The first-order chi connectivity index (χ1) is 8.49. The summed E-state index contributed by atoms with van der Waals surface area (Å²) in [5.74, 6) is 0. The van der Waals surface area contributed by atoms with E-state index in [0.717, 1.165) is 5.37 Å². The van der Waals surface area contributed by atoms with E-state index in [1.165, 1.54) is 0 Å². The van der Waals surface area contributed by atoms with Crippen LogP contribution in [0.1, 0.15) is 33.6 Å². The molecule has 1 atom stereocenters. The highest BCUT2D eigenvalue weighted by Crippen LogP contribution is 2.35. The van der Waals surface area contributed by atoms with Crippen LogP contribution in [-0.4, -0.2) is 23.2 Å². The van der Waals surface area contributed by atoms with Crippen molar-refractivity contribution in [3.63, 3.8) is 0 Å². The van der Waals surface area contributed by atoms with Gasteiger partial charge in [-0.05, 0) is 27.2 Å². The predicted octanol–water partition coefficient (Wildman–Crippen LogP) is 3.55.